The van der Waals surface area contributed by atoms with E-state index in [0.717, 1.165) is 22.5 Å². The highest BCUT2D eigenvalue weighted by molar-refractivity contribution is 6.10. The Hall–Kier alpha value is -6.06. The van der Waals surface area contributed by atoms with Gasteiger partial charge in [-0.3, -0.25) is 4.40 Å². The summed E-state index contributed by atoms with van der Waals surface area (Å²) >= 11 is 0. The van der Waals surface area contributed by atoms with E-state index in [-0.39, 0.29) is 10.8 Å². The van der Waals surface area contributed by atoms with Gasteiger partial charge in [0.2, 0.25) is 5.78 Å². The van der Waals surface area contributed by atoms with Crippen LogP contribution >= 0.6 is 0 Å². The number of nitrogens with zero attached hydrogens (tertiary/aromatic N) is 3. The third kappa shape index (κ3) is 4.37. The van der Waals surface area contributed by atoms with Crippen LogP contribution in [-0.2, 0) is 10.8 Å². The molecule has 0 saturated heterocycles. The topological polar surface area (TPSA) is 30.2 Å². The van der Waals surface area contributed by atoms with Crippen LogP contribution in [0.2, 0.25) is 0 Å². The Morgan fingerprint density at radius 2 is 1.02 bits per heavy atom. The molecular weight excluding hydrogens is 619 g/mol. The molecule has 6 aromatic carbocycles. The second-order valence-corrected chi connectivity index (χ2v) is 15.1. The smallest absolute Gasteiger partial charge is 0.234 e. The van der Waals surface area contributed by atoms with E-state index in [1.54, 1.807) is 6.20 Å². The molecule has 0 aliphatic heterocycles. The van der Waals surface area contributed by atoms with Crippen LogP contribution in [0, 0.1) is 0 Å². The van der Waals surface area contributed by atoms with Gasteiger partial charge < -0.3 is 0 Å². The van der Waals surface area contributed by atoms with Crippen molar-refractivity contribution in [3.8, 4) is 44.8 Å². The summed E-state index contributed by atoms with van der Waals surface area (Å²) in [6.07, 6.45) is 3.84. The minimum Gasteiger partial charge on any atom is -0.283 e. The van der Waals surface area contributed by atoms with Crippen LogP contribution in [0.1, 0.15) is 49.9 Å². The van der Waals surface area contributed by atoms with Crippen LogP contribution in [0.15, 0.2) is 152 Å². The van der Waals surface area contributed by atoms with Gasteiger partial charge in [-0.15, -0.1) is 0 Å². The van der Waals surface area contributed by atoms with Crippen LogP contribution in [0.3, 0.4) is 0 Å². The molecule has 2 aliphatic rings. The number of imidazole rings is 1. The van der Waals surface area contributed by atoms with E-state index < -0.39 is 0 Å². The molecule has 0 radical (unpaired) electrons. The molecule has 2 heterocycles. The Bertz CT molecular complexity index is 2730. The van der Waals surface area contributed by atoms with E-state index in [1.165, 1.54) is 66.4 Å². The lowest BCUT2D eigenvalue weighted by Gasteiger charge is -2.29. The van der Waals surface area contributed by atoms with Gasteiger partial charge in [0.15, 0.2) is 0 Å². The summed E-state index contributed by atoms with van der Waals surface area (Å²) in [7, 11) is 0. The minimum atomic E-state index is -0.123. The fraction of sp³-hybridized carbons (Fsp3) is 0.125. The molecule has 0 saturated carbocycles. The quantitative estimate of drug-likeness (QED) is 0.189. The highest BCUT2D eigenvalue weighted by atomic mass is 15.1. The molecule has 3 heteroatoms. The van der Waals surface area contributed by atoms with E-state index in [4.69, 9.17) is 4.98 Å². The molecule has 8 aromatic rings. The molecule has 2 aromatic heterocycles. The molecule has 2 aliphatic carbocycles. The number of hydrogen-bond acceptors (Lipinski definition) is 2. The maximum absolute atomic E-state index is 4.97. The predicted octanol–water partition coefficient (Wildman–Crippen LogP) is 12.0. The first-order valence-electron chi connectivity index (χ1n) is 17.8. The van der Waals surface area contributed by atoms with Gasteiger partial charge in [-0.05, 0) is 90.7 Å². The van der Waals surface area contributed by atoms with E-state index >= 15 is 0 Å². The highest BCUT2D eigenvalue weighted by Gasteiger charge is 2.49. The summed E-state index contributed by atoms with van der Waals surface area (Å²) in [6.45, 7) is 9.64. The van der Waals surface area contributed by atoms with Crippen molar-refractivity contribution in [2.24, 2.45) is 0 Å². The molecule has 0 fully saturated rings. The zero-order valence-electron chi connectivity index (χ0n) is 29.3. The van der Waals surface area contributed by atoms with Crippen LogP contribution in [0.5, 0.6) is 0 Å². The Morgan fingerprint density at radius 1 is 0.471 bits per heavy atom. The Balaban J connectivity index is 1.00. The van der Waals surface area contributed by atoms with Crippen molar-refractivity contribution in [1.82, 2.24) is 14.4 Å². The summed E-state index contributed by atoms with van der Waals surface area (Å²) in [5, 5.41) is 2.55. The maximum Gasteiger partial charge on any atom is 0.234 e. The lowest BCUT2D eigenvalue weighted by atomic mass is 9.74. The van der Waals surface area contributed by atoms with E-state index in [9.17, 15) is 0 Å². The van der Waals surface area contributed by atoms with E-state index in [2.05, 4.69) is 164 Å². The SMILES string of the molecule is CC1(C)C2=C(c3ccc(-c4ccc(-c5nc6ncccn6c5-c5ccccc5)cc4)cc31)C(C)(C)c1cc(-c3ccc4ccccc4c3)ccc12. The fourth-order valence-electron chi connectivity index (χ4n) is 8.90. The Labute approximate surface area is 298 Å². The van der Waals surface area contributed by atoms with Crippen LogP contribution in [-0.4, -0.2) is 14.4 Å². The van der Waals surface area contributed by atoms with Crippen molar-refractivity contribution < 1.29 is 0 Å². The van der Waals surface area contributed by atoms with Gasteiger partial charge in [0, 0.05) is 34.4 Å². The minimum absolute atomic E-state index is 0.109. The van der Waals surface area contributed by atoms with Crippen molar-refractivity contribution in [3.05, 3.63) is 174 Å². The number of aromatic nitrogens is 3. The average Bonchev–Trinajstić information content (AvgIpc) is 3.76. The first-order valence-corrected chi connectivity index (χ1v) is 17.8. The molecule has 0 atom stereocenters. The molecule has 0 unspecified atom stereocenters. The molecular formula is C48H37N3. The normalized spacial score (nSPS) is 15.3. The molecule has 0 N–H and O–H groups in total. The number of rotatable bonds is 4. The van der Waals surface area contributed by atoms with Gasteiger partial charge >= 0.3 is 0 Å². The van der Waals surface area contributed by atoms with Gasteiger partial charge in [0.1, 0.15) is 0 Å². The van der Waals surface area contributed by atoms with Gasteiger partial charge in [-0.25, -0.2) is 9.97 Å². The standard InChI is InChI=1S/C48H37N3/c1-47(2)40-28-36(31-15-18-32(19-16-31)44-45(33-12-6-5-7-13-33)51-26-10-25-49-46(51)50-44)21-23-38(40)42-43(47)39-24-22-37(29-41(39)48(42,3)4)35-20-17-30-11-8-9-14-34(30)27-35/h5-29H,1-4H3. The van der Waals surface area contributed by atoms with Crippen molar-refractivity contribution in [1.29, 1.82) is 0 Å². The van der Waals surface area contributed by atoms with Gasteiger partial charge in [-0.2, -0.15) is 0 Å². The summed E-state index contributed by atoms with van der Waals surface area (Å²) in [5.41, 5.74) is 17.5. The highest BCUT2D eigenvalue weighted by Crippen LogP contribution is 2.63. The summed E-state index contributed by atoms with van der Waals surface area (Å²) in [6, 6.07) is 51.0. The summed E-state index contributed by atoms with van der Waals surface area (Å²) in [5.74, 6) is 0.700. The van der Waals surface area contributed by atoms with E-state index in [1.807, 2.05) is 18.3 Å². The molecule has 244 valence electrons. The van der Waals surface area contributed by atoms with Gasteiger partial charge in [0.05, 0.1) is 11.4 Å². The Morgan fingerprint density at radius 3 is 1.71 bits per heavy atom. The zero-order chi connectivity index (χ0) is 34.5. The van der Waals surface area contributed by atoms with Gasteiger partial charge in [0.25, 0.3) is 0 Å². The summed E-state index contributed by atoms with van der Waals surface area (Å²) < 4.78 is 2.08. The zero-order valence-corrected chi connectivity index (χ0v) is 29.3. The Kier molecular flexibility index (Phi) is 6.27. The average molecular weight is 656 g/mol. The third-order valence-electron chi connectivity index (χ3n) is 11.4. The predicted molar refractivity (Wildman–Crippen MR) is 212 cm³/mol. The van der Waals surface area contributed by atoms with Crippen molar-refractivity contribution in [2.75, 3.05) is 0 Å². The number of fused-ring (bicyclic) bond motifs is 6. The first-order chi connectivity index (χ1) is 24.8. The van der Waals surface area contributed by atoms with Crippen molar-refractivity contribution in [2.45, 2.75) is 38.5 Å². The molecule has 0 bridgehead atoms. The van der Waals surface area contributed by atoms with Crippen LogP contribution in [0.4, 0.5) is 0 Å². The second kappa shape index (κ2) is 10.7. The lowest BCUT2D eigenvalue weighted by molar-refractivity contribution is 0.694. The molecule has 0 amide bonds. The van der Waals surface area contributed by atoms with Crippen molar-refractivity contribution in [3.63, 3.8) is 0 Å². The van der Waals surface area contributed by atoms with Crippen LogP contribution < -0.4 is 0 Å². The molecule has 0 spiro atoms. The van der Waals surface area contributed by atoms with Gasteiger partial charge in [-0.1, -0.05) is 143 Å². The number of benzene rings is 6. The first kappa shape index (κ1) is 29.8. The molecule has 51 heavy (non-hydrogen) atoms. The van der Waals surface area contributed by atoms with E-state index in [0.29, 0.717) is 5.78 Å². The largest absolute Gasteiger partial charge is 0.283 e. The number of allylic oxidation sites excluding steroid dienone is 2. The fourth-order valence-corrected chi connectivity index (χ4v) is 8.90. The van der Waals surface area contributed by atoms with Crippen LogP contribution in [0.25, 0.3) is 72.5 Å². The third-order valence-corrected chi connectivity index (χ3v) is 11.4. The number of hydrogen-bond donors (Lipinski definition) is 0. The maximum atomic E-state index is 4.97. The summed E-state index contributed by atoms with van der Waals surface area (Å²) in [4.78, 5) is 9.52. The van der Waals surface area contributed by atoms with Crippen molar-refractivity contribution >= 4 is 27.7 Å². The molecule has 3 nitrogen and oxygen atoms in total. The monoisotopic (exact) mass is 655 g/mol. The second-order valence-electron chi connectivity index (χ2n) is 15.1. The molecule has 10 rings (SSSR count). The lowest BCUT2D eigenvalue weighted by Crippen LogP contribution is -2.19.